The first-order valence-corrected chi connectivity index (χ1v) is 14.9. The highest BCUT2D eigenvalue weighted by atomic mass is 32.2. The van der Waals surface area contributed by atoms with Gasteiger partial charge in [-0.05, 0) is 49.7 Å². The van der Waals surface area contributed by atoms with Crippen LogP contribution in [-0.2, 0) is 20.9 Å². The largest absolute Gasteiger partial charge is 0.489 e. The van der Waals surface area contributed by atoms with Crippen molar-refractivity contribution in [3.05, 3.63) is 110 Å². The predicted octanol–water partition coefficient (Wildman–Crippen LogP) is 5.30. The highest BCUT2D eigenvalue weighted by molar-refractivity contribution is 8.00. The van der Waals surface area contributed by atoms with Crippen LogP contribution in [0.1, 0.15) is 44.8 Å². The van der Waals surface area contributed by atoms with E-state index in [0.717, 1.165) is 28.0 Å². The summed E-state index contributed by atoms with van der Waals surface area (Å²) in [7, 11) is 0. The first-order valence-electron chi connectivity index (χ1n) is 13.2. The quantitative estimate of drug-likeness (QED) is 0.232. The molecule has 3 heterocycles. The fraction of sp³-hybridized carbons (Fsp3) is 0.226. The van der Waals surface area contributed by atoms with E-state index in [9.17, 15) is 19.2 Å². The van der Waals surface area contributed by atoms with Crippen LogP contribution < -0.4 is 14.5 Å². The lowest BCUT2D eigenvalue weighted by atomic mass is 9.82. The molecule has 10 heteroatoms. The van der Waals surface area contributed by atoms with Gasteiger partial charge >= 0.3 is 10.8 Å². The molecule has 0 saturated carbocycles. The first kappa shape index (κ1) is 27.0. The van der Waals surface area contributed by atoms with Crippen LogP contribution in [0.3, 0.4) is 0 Å². The van der Waals surface area contributed by atoms with Gasteiger partial charge in [0.15, 0.2) is 0 Å². The number of anilines is 1. The van der Waals surface area contributed by atoms with Crippen molar-refractivity contribution >= 4 is 46.6 Å². The lowest BCUT2D eigenvalue weighted by Gasteiger charge is -2.30. The average molecular weight is 587 g/mol. The normalized spacial score (nSPS) is 19.6. The maximum absolute atomic E-state index is 14.1. The third-order valence-electron chi connectivity index (χ3n) is 7.19. The Hall–Kier alpha value is -4.15. The Morgan fingerprint density at radius 2 is 1.76 bits per heavy atom. The van der Waals surface area contributed by atoms with Crippen LogP contribution in [-0.4, -0.2) is 34.6 Å². The Labute approximate surface area is 244 Å². The number of fused-ring (bicyclic) bond motifs is 2. The number of benzene rings is 3. The molecule has 208 valence electrons. The van der Waals surface area contributed by atoms with Gasteiger partial charge < -0.3 is 14.5 Å². The van der Waals surface area contributed by atoms with Crippen LogP contribution in [0.4, 0.5) is 5.69 Å². The van der Waals surface area contributed by atoms with Gasteiger partial charge in [-0.1, -0.05) is 71.1 Å². The zero-order chi connectivity index (χ0) is 28.7. The molecule has 0 aliphatic carbocycles. The molecule has 3 aromatic carbocycles. The number of thioether (sulfide) groups is 1. The standard InChI is InChI=1S/C31H26N2O6S2/c1-3-38-30(36)19-11-13-20(14-12-19)33-28(34)24-23(25-27(32-31(37)41-25)40-26(24)29(33)35)21-9-4-5-10-22(21)39-16-18-8-6-7-17(2)15-18/h4-15,23-24,26H,3,16H2,1-2H3,(H,32,37). The molecule has 8 nitrogen and oxygen atoms in total. The summed E-state index contributed by atoms with van der Waals surface area (Å²) in [6.07, 6.45) is 0. The van der Waals surface area contributed by atoms with Crippen molar-refractivity contribution in [2.45, 2.75) is 36.6 Å². The molecule has 1 fully saturated rings. The Morgan fingerprint density at radius 1 is 0.976 bits per heavy atom. The summed E-state index contributed by atoms with van der Waals surface area (Å²) in [4.78, 5) is 57.0. The number of aromatic nitrogens is 1. The number of nitrogens with zero attached hydrogens (tertiary/aromatic N) is 1. The van der Waals surface area contributed by atoms with E-state index in [0.29, 0.717) is 33.5 Å². The van der Waals surface area contributed by atoms with Gasteiger partial charge in [0, 0.05) is 16.4 Å². The Bertz CT molecular complexity index is 1710. The van der Waals surface area contributed by atoms with Crippen LogP contribution in [0.25, 0.3) is 0 Å². The fourth-order valence-electron chi connectivity index (χ4n) is 5.40. The van der Waals surface area contributed by atoms with Crippen LogP contribution >= 0.6 is 23.1 Å². The lowest BCUT2D eigenvalue weighted by molar-refractivity contribution is -0.122. The van der Waals surface area contributed by atoms with E-state index in [-0.39, 0.29) is 23.3 Å². The second kappa shape index (κ2) is 11.0. The van der Waals surface area contributed by atoms with Gasteiger partial charge in [0.25, 0.3) is 0 Å². The van der Waals surface area contributed by atoms with E-state index in [1.165, 1.54) is 16.7 Å². The van der Waals surface area contributed by atoms with Crippen molar-refractivity contribution in [1.29, 1.82) is 0 Å². The number of H-pyrrole nitrogens is 1. The zero-order valence-corrected chi connectivity index (χ0v) is 23.9. The molecule has 1 saturated heterocycles. The summed E-state index contributed by atoms with van der Waals surface area (Å²) in [5.74, 6) is -1.92. The SMILES string of the molecule is CCOC(=O)c1ccc(N2C(=O)C3Sc4[nH]c(=O)sc4C(c4ccccc4OCc4cccc(C)c4)C3C2=O)cc1. The van der Waals surface area contributed by atoms with E-state index >= 15 is 0 Å². The van der Waals surface area contributed by atoms with Gasteiger partial charge in [-0.3, -0.25) is 14.4 Å². The molecule has 6 rings (SSSR count). The van der Waals surface area contributed by atoms with Crippen LogP contribution in [0, 0.1) is 12.8 Å². The molecular formula is C31H26N2O6S2. The van der Waals surface area contributed by atoms with Gasteiger partial charge in [0.05, 0.1) is 28.8 Å². The molecule has 0 bridgehead atoms. The zero-order valence-electron chi connectivity index (χ0n) is 22.3. The summed E-state index contributed by atoms with van der Waals surface area (Å²) in [5, 5.41) is -0.139. The number of para-hydroxylation sites is 1. The maximum atomic E-state index is 14.1. The van der Waals surface area contributed by atoms with Gasteiger partial charge in [-0.15, -0.1) is 0 Å². The Balaban J connectivity index is 1.37. The third kappa shape index (κ3) is 4.98. The molecule has 2 aliphatic heterocycles. The van der Waals surface area contributed by atoms with Crippen molar-refractivity contribution < 1.29 is 23.9 Å². The number of imide groups is 1. The van der Waals surface area contributed by atoms with Crippen molar-refractivity contribution in [1.82, 2.24) is 4.98 Å². The molecule has 2 amide bonds. The molecular weight excluding hydrogens is 560 g/mol. The highest BCUT2D eigenvalue weighted by Crippen LogP contribution is 2.54. The number of hydrogen-bond acceptors (Lipinski definition) is 8. The smallest absolute Gasteiger partial charge is 0.338 e. The van der Waals surface area contributed by atoms with E-state index < -0.39 is 23.1 Å². The van der Waals surface area contributed by atoms with Crippen LogP contribution in [0.5, 0.6) is 5.75 Å². The van der Waals surface area contributed by atoms with Crippen LogP contribution in [0.2, 0.25) is 0 Å². The van der Waals surface area contributed by atoms with Gasteiger partial charge in [0.2, 0.25) is 11.8 Å². The number of hydrogen-bond donors (Lipinski definition) is 1. The summed E-state index contributed by atoms with van der Waals surface area (Å²) in [6.45, 7) is 4.32. The maximum Gasteiger partial charge on any atom is 0.338 e. The molecule has 1 N–H and O–H groups in total. The second-order valence-electron chi connectivity index (χ2n) is 9.84. The van der Waals surface area contributed by atoms with Crippen molar-refractivity contribution in [2.75, 3.05) is 11.5 Å². The average Bonchev–Trinajstić information content (AvgIpc) is 3.46. The van der Waals surface area contributed by atoms with E-state index in [4.69, 9.17) is 9.47 Å². The van der Waals surface area contributed by atoms with Gasteiger partial charge in [0.1, 0.15) is 17.6 Å². The number of aryl methyl sites for hydroxylation is 1. The molecule has 2 aliphatic rings. The number of rotatable bonds is 7. The van der Waals surface area contributed by atoms with Crippen molar-refractivity contribution in [3.8, 4) is 5.75 Å². The Morgan fingerprint density at radius 3 is 2.51 bits per heavy atom. The Kier molecular flexibility index (Phi) is 7.27. The summed E-state index contributed by atoms with van der Waals surface area (Å²) >= 11 is 2.27. The number of carbonyl (C=O) groups excluding carboxylic acids is 3. The molecule has 0 radical (unpaired) electrons. The monoisotopic (exact) mass is 586 g/mol. The molecule has 0 spiro atoms. The highest BCUT2D eigenvalue weighted by Gasteiger charge is 2.56. The second-order valence-corrected chi connectivity index (χ2v) is 12.0. The number of nitrogens with one attached hydrogen (secondary N) is 1. The number of esters is 1. The first-order chi connectivity index (χ1) is 19.9. The van der Waals surface area contributed by atoms with E-state index in [1.54, 1.807) is 31.2 Å². The number of thiazole rings is 1. The van der Waals surface area contributed by atoms with Crippen LogP contribution in [0.15, 0.2) is 82.6 Å². The topological polar surface area (TPSA) is 106 Å². The molecule has 1 aromatic heterocycles. The molecule has 41 heavy (non-hydrogen) atoms. The van der Waals surface area contributed by atoms with Gasteiger partial charge in [-0.2, -0.15) is 0 Å². The lowest BCUT2D eigenvalue weighted by Crippen LogP contribution is -2.32. The fourth-order valence-corrected chi connectivity index (χ4v) is 7.91. The van der Waals surface area contributed by atoms with Crippen molar-refractivity contribution in [3.63, 3.8) is 0 Å². The minimum Gasteiger partial charge on any atom is -0.489 e. The number of ether oxygens (including phenoxy) is 2. The molecule has 3 atom stereocenters. The minimum absolute atomic E-state index is 0.239. The van der Waals surface area contributed by atoms with E-state index in [1.807, 2.05) is 49.4 Å². The number of carbonyl (C=O) groups is 3. The molecule has 3 unspecified atom stereocenters. The third-order valence-corrected chi connectivity index (χ3v) is 9.59. The minimum atomic E-state index is -0.750. The summed E-state index contributed by atoms with van der Waals surface area (Å²) in [6, 6.07) is 21.8. The predicted molar refractivity (Wildman–Crippen MR) is 157 cm³/mol. The molecule has 4 aromatic rings. The summed E-state index contributed by atoms with van der Waals surface area (Å²) in [5.41, 5.74) is 3.58. The van der Waals surface area contributed by atoms with Gasteiger partial charge in [-0.25, -0.2) is 9.69 Å². The van der Waals surface area contributed by atoms with Crippen molar-refractivity contribution in [2.24, 2.45) is 5.92 Å². The number of aromatic amines is 1. The number of amides is 2. The van der Waals surface area contributed by atoms with E-state index in [2.05, 4.69) is 11.1 Å². The summed E-state index contributed by atoms with van der Waals surface area (Å²) < 4.78 is 11.3.